The molecule has 0 aromatic carbocycles. The zero-order valence-corrected chi connectivity index (χ0v) is 15.8. The lowest BCUT2D eigenvalue weighted by molar-refractivity contribution is -0.122. The smallest absolute Gasteiger partial charge is 0.218 e. The number of hydrogen-bond donors (Lipinski definition) is 2. The number of amides is 1. The molecule has 3 unspecified atom stereocenters. The summed E-state index contributed by atoms with van der Waals surface area (Å²) in [6.07, 6.45) is 14.3. The van der Waals surface area contributed by atoms with Crippen LogP contribution in [0.3, 0.4) is 0 Å². The molecule has 0 saturated carbocycles. The summed E-state index contributed by atoms with van der Waals surface area (Å²) in [5.41, 5.74) is 5.77. The van der Waals surface area contributed by atoms with Crippen LogP contribution in [0.5, 0.6) is 0 Å². The molecule has 0 aromatic rings. The van der Waals surface area contributed by atoms with Gasteiger partial charge in [-0.25, -0.2) is 0 Å². The van der Waals surface area contributed by atoms with Crippen molar-refractivity contribution in [3.8, 4) is 0 Å². The van der Waals surface area contributed by atoms with Crippen molar-refractivity contribution in [2.45, 2.75) is 104 Å². The van der Waals surface area contributed by atoms with E-state index in [9.17, 15) is 4.79 Å². The van der Waals surface area contributed by atoms with E-state index in [0.29, 0.717) is 18.4 Å². The molecular weight excluding hydrogens is 284 g/mol. The number of primary amides is 1. The minimum atomic E-state index is -0.117. The lowest BCUT2D eigenvalue weighted by Crippen LogP contribution is -2.53. The zero-order chi connectivity index (χ0) is 17.1. The van der Waals surface area contributed by atoms with Crippen LogP contribution in [0.2, 0.25) is 0 Å². The van der Waals surface area contributed by atoms with Crippen molar-refractivity contribution >= 4 is 5.91 Å². The van der Waals surface area contributed by atoms with Gasteiger partial charge >= 0.3 is 0 Å². The zero-order valence-electron chi connectivity index (χ0n) is 15.8. The summed E-state index contributed by atoms with van der Waals surface area (Å²) in [4.78, 5) is 11.9. The molecule has 3 heteroatoms. The first-order valence-electron chi connectivity index (χ1n) is 10.1. The Morgan fingerprint density at radius 3 is 2.43 bits per heavy atom. The van der Waals surface area contributed by atoms with Crippen molar-refractivity contribution in [1.82, 2.24) is 5.32 Å². The predicted molar refractivity (Wildman–Crippen MR) is 99.3 cm³/mol. The van der Waals surface area contributed by atoms with E-state index in [1.54, 1.807) is 0 Å². The molecule has 1 saturated heterocycles. The van der Waals surface area contributed by atoms with Crippen molar-refractivity contribution in [2.24, 2.45) is 17.1 Å². The normalized spacial score (nSPS) is 22.5. The van der Waals surface area contributed by atoms with Crippen LogP contribution in [-0.4, -0.2) is 18.5 Å². The molecule has 1 fully saturated rings. The van der Waals surface area contributed by atoms with Crippen LogP contribution in [0.1, 0.15) is 97.8 Å². The number of nitrogens with one attached hydrogen (secondary N) is 1. The van der Waals surface area contributed by atoms with Crippen LogP contribution >= 0.6 is 0 Å². The Morgan fingerprint density at radius 2 is 1.91 bits per heavy atom. The molecule has 0 radical (unpaired) electrons. The van der Waals surface area contributed by atoms with Gasteiger partial charge in [0.1, 0.15) is 0 Å². The summed E-state index contributed by atoms with van der Waals surface area (Å²) >= 11 is 0. The summed E-state index contributed by atoms with van der Waals surface area (Å²) in [6, 6.07) is 0.469. The fraction of sp³-hybridized carbons (Fsp3) is 0.950. The topological polar surface area (TPSA) is 55.1 Å². The summed E-state index contributed by atoms with van der Waals surface area (Å²) < 4.78 is 0. The molecule has 3 N–H and O–H groups in total. The average Bonchev–Trinajstić information content (AvgIpc) is 2.56. The number of carbonyl (C=O) groups is 1. The molecule has 0 aliphatic carbocycles. The van der Waals surface area contributed by atoms with Gasteiger partial charge in [0.25, 0.3) is 0 Å². The lowest BCUT2D eigenvalue weighted by atomic mass is 9.61. The van der Waals surface area contributed by atoms with E-state index in [4.69, 9.17) is 5.73 Å². The van der Waals surface area contributed by atoms with Gasteiger partial charge in [-0.15, -0.1) is 0 Å². The number of piperidine rings is 1. The molecule has 3 atom stereocenters. The minimum Gasteiger partial charge on any atom is -0.370 e. The Labute approximate surface area is 144 Å². The van der Waals surface area contributed by atoms with E-state index >= 15 is 0 Å². The molecule has 136 valence electrons. The van der Waals surface area contributed by atoms with Crippen LogP contribution in [0.4, 0.5) is 0 Å². The number of carbonyl (C=O) groups excluding carboxylic acids is 1. The fourth-order valence-electron chi connectivity index (χ4n) is 4.76. The van der Waals surface area contributed by atoms with Crippen LogP contribution in [0, 0.1) is 11.3 Å². The van der Waals surface area contributed by atoms with Crippen molar-refractivity contribution < 1.29 is 4.79 Å². The SMILES string of the molecule is CCCCCCC(CCC)C(CC)(CC(N)=O)C1CCCCN1. The molecule has 1 heterocycles. The Hall–Kier alpha value is -0.570. The summed E-state index contributed by atoms with van der Waals surface area (Å²) in [6.45, 7) is 7.91. The molecule has 1 amide bonds. The predicted octanol–water partition coefficient (Wildman–Crippen LogP) is 4.79. The third-order valence-corrected chi connectivity index (χ3v) is 6.02. The summed E-state index contributed by atoms with van der Waals surface area (Å²) in [5, 5.41) is 3.75. The maximum Gasteiger partial charge on any atom is 0.218 e. The molecule has 0 aromatic heterocycles. The van der Waals surface area contributed by atoms with E-state index in [2.05, 4.69) is 26.1 Å². The minimum absolute atomic E-state index is 0.0640. The summed E-state index contributed by atoms with van der Waals surface area (Å²) in [5.74, 6) is 0.506. The number of unbranched alkanes of at least 4 members (excludes halogenated alkanes) is 3. The van der Waals surface area contributed by atoms with Gasteiger partial charge in [-0.05, 0) is 43.6 Å². The Bertz CT molecular complexity index is 326. The molecule has 3 nitrogen and oxygen atoms in total. The first-order valence-corrected chi connectivity index (χ1v) is 10.1. The molecule has 0 spiro atoms. The van der Waals surface area contributed by atoms with E-state index < -0.39 is 0 Å². The average molecular weight is 325 g/mol. The third-order valence-electron chi connectivity index (χ3n) is 6.02. The maximum absolute atomic E-state index is 11.9. The Kier molecular flexibility index (Phi) is 9.85. The van der Waals surface area contributed by atoms with Gasteiger partial charge < -0.3 is 11.1 Å². The molecule has 1 aliphatic rings. The number of hydrogen-bond acceptors (Lipinski definition) is 2. The monoisotopic (exact) mass is 324 g/mol. The van der Waals surface area contributed by atoms with Crippen LogP contribution in [-0.2, 0) is 4.79 Å². The molecule has 0 bridgehead atoms. The summed E-state index contributed by atoms with van der Waals surface area (Å²) in [7, 11) is 0. The van der Waals surface area contributed by atoms with Crippen molar-refractivity contribution in [3.05, 3.63) is 0 Å². The highest BCUT2D eigenvalue weighted by atomic mass is 16.1. The van der Waals surface area contributed by atoms with E-state index in [1.165, 1.54) is 64.2 Å². The number of rotatable bonds is 12. The van der Waals surface area contributed by atoms with Gasteiger partial charge in [0.05, 0.1) is 0 Å². The second-order valence-electron chi connectivity index (χ2n) is 7.57. The van der Waals surface area contributed by atoms with E-state index in [1.807, 2.05) is 0 Å². The van der Waals surface area contributed by atoms with Gasteiger partial charge in [0.2, 0.25) is 5.91 Å². The Morgan fingerprint density at radius 1 is 1.13 bits per heavy atom. The second kappa shape index (κ2) is 11.1. The standard InChI is InChI=1S/C20H40N2O/c1-4-7-8-9-13-17(12-5-2)20(6-3,16-19(21)23)18-14-10-11-15-22-18/h17-18,22H,4-16H2,1-3H3,(H2,21,23). The van der Waals surface area contributed by atoms with Crippen molar-refractivity contribution in [2.75, 3.05) is 6.54 Å². The highest BCUT2D eigenvalue weighted by molar-refractivity contribution is 5.74. The highest BCUT2D eigenvalue weighted by Gasteiger charge is 2.44. The maximum atomic E-state index is 11.9. The van der Waals surface area contributed by atoms with Crippen molar-refractivity contribution in [1.29, 1.82) is 0 Å². The quantitative estimate of drug-likeness (QED) is 0.507. The van der Waals surface area contributed by atoms with Gasteiger partial charge in [-0.1, -0.05) is 65.7 Å². The van der Waals surface area contributed by atoms with Crippen LogP contribution in [0.25, 0.3) is 0 Å². The molecule has 23 heavy (non-hydrogen) atoms. The second-order valence-corrected chi connectivity index (χ2v) is 7.57. The molecular formula is C20H40N2O. The van der Waals surface area contributed by atoms with Gasteiger partial charge in [0.15, 0.2) is 0 Å². The first-order chi connectivity index (χ1) is 11.1. The van der Waals surface area contributed by atoms with Crippen molar-refractivity contribution in [3.63, 3.8) is 0 Å². The van der Waals surface area contributed by atoms with Gasteiger partial charge in [-0.3, -0.25) is 4.79 Å². The fourth-order valence-corrected chi connectivity index (χ4v) is 4.76. The largest absolute Gasteiger partial charge is 0.370 e. The van der Waals surface area contributed by atoms with Crippen LogP contribution < -0.4 is 11.1 Å². The molecule has 1 aliphatic heterocycles. The number of nitrogens with two attached hydrogens (primary N) is 1. The van der Waals surface area contributed by atoms with Crippen LogP contribution in [0.15, 0.2) is 0 Å². The highest BCUT2D eigenvalue weighted by Crippen LogP contribution is 2.46. The molecule has 1 rings (SSSR count). The lowest BCUT2D eigenvalue weighted by Gasteiger charge is -2.48. The third kappa shape index (κ3) is 6.10. The van der Waals surface area contributed by atoms with Gasteiger partial charge in [-0.2, -0.15) is 0 Å². The first kappa shape index (κ1) is 20.5. The van der Waals surface area contributed by atoms with Gasteiger partial charge in [0, 0.05) is 12.5 Å². The van der Waals surface area contributed by atoms with E-state index in [-0.39, 0.29) is 11.3 Å². The van der Waals surface area contributed by atoms with E-state index in [0.717, 1.165) is 13.0 Å². The Balaban J connectivity index is 2.91.